The van der Waals surface area contributed by atoms with Gasteiger partial charge in [-0.1, -0.05) is 19.9 Å². The lowest BCUT2D eigenvalue weighted by molar-refractivity contribution is -0.140. The van der Waals surface area contributed by atoms with E-state index in [4.69, 9.17) is 14.2 Å². The quantitative estimate of drug-likeness (QED) is 0.296. The Labute approximate surface area is 205 Å². The Morgan fingerprint density at radius 3 is 2.49 bits per heavy atom. The average molecular weight is 484 g/mol. The number of aromatic hydroxyl groups is 1. The van der Waals surface area contributed by atoms with Gasteiger partial charge in [0.2, 0.25) is 0 Å². The van der Waals surface area contributed by atoms with Crippen LogP contribution in [0.5, 0.6) is 17.2 Å². The molecule has 0 radical (unpaired) electrons. The number of Topliss-reactive ketones (excluding diaryl/α,β-unsaturated/α-hetero) is 1. The van der Waals surface area contributed by atoms with Gasteiger partial charge < -0.3 is 29.3 Å². The van der Waals surface area contributed by atoms with Crippen LogP contribution in [0.2, 0.25) is 0 Å². The molecule has 0 aliphatic carbocycles. The third kappa shape index (κ3) is 5.59. The fourth-order valence-corrected chi connectivity index (χ4v) is 4.02. The maximum absolute atomic E-state index is 13.2. The summed E-state index contributed by atoms with van der Waals surface area (Å²) in [4.78, 5) is 27.5. The number of aliphatic hydroxyl groups excluding tert-OH is 1. The van der Waals surface area contributed by atoms with Crippen LogP contribution in [0.1, 0.15) is 43.5 Å². The number of phenolic OH excluding ortho intramolecular Hbond substituents is 1. The van der Waals surface area contributed by atoms with Crippen LogP contribution in [0.15, 0.2) is 42.0 Å². The second kappa shape index (κ2) is 11.3. The van der Waals surface area contributed by atoms with Gasteiger partial charge in [-0.05, 0) is 61.2 Å². The molecule has 0 spiro atoms. The van der Waals surface area contributed by atoms with Gasteiger partial charge in [-0.25, -0.2) is 0 Å². The molecule has 0 bridgehead atoms. The number of methoxy groups -OCH3 is 1. The van der Waals surface area contributed by atoms with Crippen LogP contribution in [0.25, 0.3) is 5.76 Å². The molecule has 3 rings (SSSR count). The molecule has 0 saturated carbocycles. The summed E-state index contributed by atoms with van der Waals surface area (Å²) < 4.78 is 16.4. The lowest BCUT2D eigenvalue weighted by atomic mass is 9.93. The minimum absolute atomic E-state index is 0.0295. The number of nitrogens with zero attached hydrogens (tertiary/aromatic N) is 1. The predicted octanol–water partition coefficient (Wildman–Crippen LogP) is 4.20. The first kappa shape index (κ1) is 26.1. The highest BCUT2D eigenvalue weighted by Gasteiger charge is 2.46. The molecule has 1 aliphatic rings. The summed E-state index contributed by atoms with van der Waals surface area (Å²) in [6.45, 7) is 8.93. The van der Waals surface area contributed by atoms with Crippen LogP contribution in [-0.2, 0) is 14.3 Å². The number of rotatable bonds is 10. The number of carbonyl (C=O) groups is 2. The van der Waals surface area contributed by atoms with Gasteiger partial charge in [0.25, 0.3) is 11.7 Å². The van der Waals surface area contributed by atoms with Crippen molar-refractivity contribution >= 4 is 17.4 Å². The first-order valence-electron chi connectivity index (χ1n) is 11.7. The highest BCUT2D eigenvalue weighted by molar-refractivity contribution is 6.46. The third-order valence-electron chi connectivity index (χ3n) is 5.71. The highest BCUT2D eigenvalue weighted by atomic mass is 16.5. The molecular weight excluding hydrogens is 450 g/mol. The van der Waals surface area contributed by atoms with Crippen LogP contribution in [0, 0.1) is 12.8 Å². The maximum atomic E-state index is 13.2. The van der Waals surface area contributed by atoms with Crippen molar-refractivity contribution in [2.45, 2.75) is 33.7 Å². The van der Waals surface area contributed by atoms with Gasteiger partial charge >= 0.3 is 0 Å². The summed E-state index contributed by atoms with van der Waals surface area (Å²) in [6.07, 6.45) is 0. The summed E-state index contributed by atoms with van der Waals surface area (Å²) >= 11 is 0. The maximum Gasteiger partial charge on any atom is 0.295 e. The summed E-state index contributed by atoms with van der Waals surface area (Å²) in [5.74, 6) is -0.596. The van der Waals surface area contributed by atoms with Gasteiger partial charge in [-0.3, -0.25) is 9.59 Å². The first-order chi connectivity index (χ1) is 16.7. The van der Waals surface area contributed by atoms with Gasteiger partial charge in [0.15, 0.2) is 11.5 Å². The summed E-state index contributed by atoms with van der Waals surface area (Å²) in [5, 5.41) is 21.5. The standard InChI is InChI=1S/C27H33NO7/c1-6-34-22-14-18(7-10-21(22)29)24-23(26(31)27(32)28(24)11-12-33-5)25(30)20-9-8-19(13-17(20)4)35-15-16(2)3/h7-10,13-14,16,24,29-30H,6,11-12,15H2,1-5H3/b25-23+. The molecular formula is C27H33NO7. The minimum atomic E-state index is -0.874. The van der Waals surface area contributed by atoms with Gasteiger partial charge in [0, 0.05) is 19.2 Å². The Kier molecular flexibility index (Phi) is 8.40. The van der Waals surface area contributed by atoms with E-state index in [1.54, 1.807) is 44.2 Å². The average Bonchev–Trinajstić information content (AvgIpc) is 3.07. The van der Waals surface area contributed by atoms with Crippen molar-refractivity contribution in [3.8, 4) is 17.2 Å². The number of aliphatic hydroxyl groups is 1. The molecule has 0 aromatic heterocycles. The topological polar surface area (TPSA) is 106 Å². The van der Waals surface area contributed by atoms with E-state index in [0.29, 0.717) is 41.6 Å². The van der Waals surface area contributed by atoms with Crippen molar-refractivity contribution in [1.29, 1.82) is 0 Å². The zero-order valence-electron chi connectivity index (χ0n) is 20.8. The molecule has 1 amide bonds. The molecule has 2 aromatic carbocycles. The Hall–Kier alpha value is -3.52. The molecule has 8 heteroatoms. The van der Waals surface area contributed by atoms with Crippen molar-refractivity contribution < 1.29 is 34.0 Å². The molecule has 188 valence electrons. The van der Waals surface area contributed by atoms with Crippen LogP contribution in [-0.4, -0.2) is 60.3 Å². The van der Waals surface area contributed by atoms with E-state index in [9.17, 15) is 19.8 Å². The van der Waals surface area contributed by atoms with E-state index in [0.717, 1.165) is 0 Å². The van der Waals surface area contributed by atoms with E-state index in [1.165, 1.54) is 18.1 Å². The van der Waals surface area contributed by atoms with Crippen LogP contribution in [0.4, 0.5) is 0 Å². The Bertz CT molecular complexity index is 1120. The molecule has 2 aromatic rings. The Morgan fingerprint density at radius 2 is 1.86 bits per heavy atom. The van der Waals surface area contributed by atoms with Crippen molar-refractivity contribution in [3.05, 3.63) is 58.7 Å². The van der Waals surface area contributed by atoms with E-state index in [2.05, 4.69) is 13.8 Å². The van der Waals surface area contributed by atoms with Gasteiger partial charge in [0.05, 0.1) is 31.4 Å². The lowest BCUT2D eigenvalue weighted by Gasteiger charge is -2.25. The minimum Gasteiger partial charge on any atom is -0.507 e. The molecule has 1 aliphatic heterocycles. The van der Waals surface area contributed by atoms with Crippen molar-refractivity contribution in [3.63, 3.8) is 0 Å². The fraction of sp³-hybridized carbons (Fsp3) is 0.407. The number of carbonyl (C=O) groups excluding carboxylic acids is 2. The number of ether oxygens (including phenoxy) is 3. The van der Waals surface area contributed by atoms with Gasteiger partial charge in [-0.2, -0.15) is 0 Å². The fourth-order valence-electron chi connectivity index (χ4n) is 4.02. The number of ketones is 1. The number of hydrogen-bond donors (Lipinski definition) is 2. The third-order valence-corrected chi connectivity index (χ3v) is 5.71. The van der Waals surface area contributed by atoms with Gasteiger partial charge in [-0.15, -0.1) is 0 Å². The van der Waals surface area contributed by atoms with Crippen molar-refractivity contribution in [2.75, 3.05) is 33.5 Å². The molecule has 1 atom stereocenters. The zero-order valence-corrected chi connectivity index (χ0v) is 20.8. The molecule has 1 fully saturated rings. The van der Waals surface area contributed by atoms with E-state index >= 15 is 0 Å². The second-order valence-electron chi connectivity index (χ2n) is 8.83. The number of likely N-dealkylation sites (tertiary alicyclic amines) is 1. The van der Waals surface area contributed by atoms with Gasteiger partial charge in [0.1, 0.15) is 11.5 Å². The molecule has 35 heavy (non-hydrogen) atoms. The smallest absolute Gasteiger partial charge is 0.295 e. The molecule has 1 saturated heterocycles. The van der Waals surface area contributed by atoms with E-state index in [1.807, 2.05) is 0 Å². The number of hydrogen-bond acceptors (Lipinski definition) is 7. The van der Waals surface area contributed by atoms with Crippen molar-refractivity contribution in [2.24, 2.45) is 5.92 Å². The van der Waals surface area contributed by atoms with E-state index < -0.39 is 17.7 Å². The molecule has 2 N–H and O–H groups in total. The summed E-state index contributed by atoms with van der Waals surface area (Å²) in [5.41, 5.74) is 1.63. The Balaban J connectivity index is 2.12. The SMILES string of the molecule is CCOc1cc(C2/C(=C(\O)c3ccc(OCC(C)C)cc3C)C(=O)C(=O)N2CCOC)ccc1O. The van der Waals surface area contributed by atoms with E-state index in [-0.39, 0.29) is 36.0 Å². The zero-order chi connectivity index (χ0) is 25.7. The number of aryl methyl sites for hydroxylation is 1. The lowest BCUT2D eigenvalue weighted by Crippen LogP contribution is -2.32. The predicted molar refractivity (Wildman–Crippen MR) is 132 cm³/mol. The van der Waals surface area contributed by atoms with Crippen LogP contribution < -0.4 is 9.47 Å². The first-order valence-corrected chi connectivity index (χ1v) is 11.7. The van der Waals surface area contributed by atoms with Crippen LogP contribution >= 0.6 is 0 Å². The molecule has 1 unspecified atom stereocenters. The second-order valence-corrected chi connectivity index (χ2v) is 8.83. The summed E-state index contributed by atoms with van der Waals surface area (Å²) in [6, 6.07) is 8.97. The van der Waals surface area contributed by atoms with Crippen LogP contribution in [0.3, 0.4) is 0 Å². The van der Waals surface area contributed by atoms with Crippen molar-refractivity contribution in [1.82, 2.24) is 4.90 Å². The highest BCUT2D eigenvalue weighted by Crippen LogP contribution is 2.42. The molecule has 8 nitrogen and oxygen atoms in total. The number of benzene rings is 2. The monoisotopic (exact) mass is 483 g/mol. The number of amides is 1. The normalized spacial score (nSPS) is 17.3. The Morgan fingerprint density at radius 1 is 1.11 bits per heavy atom. The number of phenols is 1. The largest absolute Gasteiger partial charge is 0.507 e. The summed E-state index contributed by atoms with van der Waals surface area (Å²) in [7, 11) is 1.51. The molecule has 1 heterocycles.